The van der Waals surface area contributed by atoms with Gasteiger partial charge in [-0.15, -0.1) is 0 Å². The monoisotopic (exact) mass is 1540 g/mol. The zero-order valence-electron chi connectivity index (χ0n) is 60.4. The van der Waals surface area contributed by atoms with Crippen molar-refractivity contribution >= 4 is 95.5 Å². The largest absolute Gasteiger partial charge is 0.465 e. The Morgan fingerprint density at radius 1 is 0.179 bits per heavy atom. The van der Waals surface area contributed by atoms with Gasteiger partial charge in [0.05, 0.1) is 146 Å². The molecule has 0 fully saturated rings. The molecule has 0 saturated heterocycles. The number of esters is 16. The minimum atomic E-state index is -3.22. The molecular formula is C80H66O32. The van der Waals surface area contributed by atoms with E-state index < -0.39 is 234 Å². The van der Waals surface area contributed by atoms with Crippen LogP contribution in [-0.2, 0) is 75.8 Å². The fourth-order valence-electron chi connectivity index (χ4n) is 11.0. The van der Waals surface area contributed by atoms with Crippen molar-refractivity contribution < 1.29 is 153 Å². The van der Waals surface area contributed by atoms with Crippen LogP contribution in [0.25, 0.3) is 0 Å². The lowest BCUT2D eigenvalue weighted by atomic mass is 9.94. The molecule has 0 spiro atoms. The highest BCUT2D eigenvalue weighted by Crippen LogP contribution is 2.33. The lowest BCUT2D eigenvalue weighted by Gasteiger charge is -2.40. The standard InChI is InChI=1S/C80H66O32/c1-97-65(81)43-25-9-17-33-51(43)73(89)105-41-59(107-75(91)53-35-19-11-27-45(53)67(83)99-3)61(109-77(93)55-37-21-13-29-47(55)69(85)101-5)63(111-79(95)57-39-23-15-31-49(57)71(87)103-7)64(112-80(96)58-40-24-16-32-50(58)72(88)104-8)62(110-78(94)56-38-22-14-30-48(56)70(86)102-6)60(108-76(92)54-36-20-12-28-46(54)68(84)100-4)42-106-74(90)52-34-18-10-26-44(52)66(82)98-2/h9-40,59-64H,41-42H2,1-8H3. The molecule has 0 aliphatic heterocycles. The third-order valence-corrected chi connectivity index (χ3v) is 16.4. The number of carbonyl (C=O) groups excluding carboxylic acids is 16. The second-order valence-electron chi connectivity index (χ2n) is 22.9. The van der Waals surface area contributed by atoms with Crippen LogP contribution in [-0.4, -0.2) is 202 Å². The van der Waals surface area contributed by atoms with Gasteiger partial charge in [-0.25, -0.2) is 76.7 Å². The molecule has 0 saturated carbocycles. The summed E-state index contributed by atoms with van der Waals surface area (Å²) >= 11 is 0. The first-order chi connectivity index (χ1) is 53.9. The Morgan fingerprint density at radius 2 is 0.304 bits per heavy atom. The van der Waals surface area contributed by atoms with Crippen molar-refractivity contribution in [1.82, 2.24) is 0 Å². The lowest BCUT2D eigenvalue weighted by molar-refractivity contribution is -0.169. The van der Waals surface area contributed by atoms with Gasteiger partial charge in [-0.2, -0.15) is 0 Å². The van der Waals surface area contributed by atoms with Gasteiger partial charge in [-0.1, -0.05) is 97.1 Å². The summed E-state index contributed by atoms with van der Waals surface area (Å²) < 4.78 is 90.0. The maximum absolute atomic E-state index is 16.0. The van der Waals surface area contributed by atoms with E-state index in [-0.39, 0.29) is 0 Å². The summed E-state index contributed by atoms with van der Waals surface area (Å²) in [6.07, 6.45) is -18.2. The van der Waals surface area contributed by atoms with Crippen LogP contribution in [0.15, 0.2) is 194 Å². The van der Waals surface area contributed by atoms with Crippen molar-refractivity contribution in [2.24, 2.45) is 0 Å². The van der Waals surface area contributed by atoms with Crippen molar-refractivity contribution in [3.05, 3.63) is 283 Å². The molecule has 578 valence electrons. The Morgan fingerprint density at radius 3 is 0.455 bits per heavy atom. The second kappa shape index (κ2) is 39.2. The number of benzene rings is 8. The number of rotatable bonds is 31. The summed E-state index contributed by atoms with van der Waals surface area (Å²) in [6, 6.07) is 36.4. The van der Waals surface area contributed by atoms with Gasteiger partial charge in [0.15, 0.2) is 36.6 Å². The Bertz CT molecular complexity index is 4650. The summed E-state index contributed by atoms with van der Waals surface area (Å²) in [6.45, 7) is -3.18. The highest BCUT2D eigenvalue weighted by Gasteiger charge is 2.54. The van der Waals surface area contributed by atoms with Gasteiger partial charge < -0.3 is 75.8 Å². The van der Waals surface area contributed by atoms with E-state index in [1.807, 2.05) is 0 Å². The van der Waals surface area contributed by atoms with Crippen LogP contribution in [0.5, 0.6) is 0 Å². The van der Waals surface area contributed by atoms with E-state index in [0.29, 0.717) is 0 Å². The number of hydrogen-bond donors (Lipinski definition) is 0. The second-order valence-corrected chi connectivity index (χ2v) is 22.9. The Balaban J connectivity index is 1.59. The molecule has 32 nitrogen and oxygen atoms in total. The van der Waals surface area contributed by atoms with Gasteiger partial charge in [0.1, 0.15) is 13.2 Å². The number of carbonyl (C=O) groups is 16. The van der Waals surface area contributed by atoms with E-state index in [1.54, 1.807) is 0 Å². The van der Waals surface area contributed by atoms with E-state index in [0.717, 1.165) is 154 Å². The van der Waals surface area contributed by atoms with E-state index in [1.165, 1.54) is 97.1 Å². The molecule has 6 unspecified atom stereocenters. The predicted octanol–water partition coefficient (Wildman–Crippen LogP) is 8.35. The smallest absolute Gasteiger partial charge is 0.339 e. The molecule has 8 rings (SSSR count). The molecule has 0 bridgehead atoms. The van der Waals surface area contributed by atoms with Crippen molar-refractivity contribution in [2.75, 3.05) is 70.1 Å². The van der Waals surface area contributed by atoms with Gasteiger partial charge in [0, 0.05) is 0 Å². The molecule has 8 aromatic carbocycles. The van der Waals surface area contributed by atoms with Crippen LogP contribution in [0.4, 0.5) is 0 Å². The summed E-state index contributed by atoms with van der Waals surface area (Å²) in [5.41, 5.74) is -10.4. The average molecular weight is 1540 g/mol. The topological polar surface area (TPSA) is 421 Å². The summed E-state index contributed by atoms with van der Waals surface area (Å²) in [5, 5.41) is 0. The van der Waals surface area contributed by atoms with Crippen LogP contribution in [0, 0.1) is 0 Å². The quantitative estimate of drug-likeness (QED) is 0.0291. The lowest BCUT2D eigenvalue weighted by Crippen LogP contribution is -2.60. The van der Waals surface area contributed by atoms with Crippen molar-refractivity contribution in [3.63, 3.8) is 0 Å². The van der Waals surface area contributed by atoms with E-state index in [4.69, 9.17) is 75.8 Å². The maximum atomic E-state index is 16.0. The summed E-state index contributed by atoms with van der Waals surface area (Å²) in [7, 11) is 7.44. The van der Waals surface area contributed by atoms with Crippen LogP contribution >= 0.6 is 0 Å². The zero-order chi connectivity index (χ0) is 81.3. The van der Waals surface area contributed by atoms with Crippen LogP contribution in [0.2, 0.25) is 0 Å². The van der Waals surface area contributed by atoms with Gasteiger partial charge in [-0.05, 0) is 97.1 Å². The van der Waals surface area contributed by atoms with E-state index in [2.05, 4.69) is 0 Å². The van der Waals surface area contributed by atoms with Gasteiger partial charge >= 0.3 is 95.5 Å². The fourth-order valence-corrected chi connectivity index (χ4v) is 11.0. The third kappa shape index (κ3) is 19.7. The Hall–Kier alpha value is -14.7. The van der Waals surface area contributed by atoms with E-state index in [9.17, 15) is 47.9 Å². The Labute approximate surface area is 635 Å². The highest BCUT2D eigenvalue weighted by atomic mass is 16.7. The van der Waals surface area contributed by atoms with Gasteiger partial charge in [0.25, 0.3) is 0 Å². The number of ether oxygens (including phenoxy) is 16. The minimum absolute atomic E-state index is 0.462. The first kappa shape index (κ1) is 82.9. The molecule has 112 heavy (non-hydrogen) atoms. The molecule has 0 heterocycles. The van der Waals surface area contributed by atoms with Crippen LogP contribution in [0.3, 0.4) is 0 Å². The molecule has 0 radical (unpaired) electrons. The number of methoxy groups -OCH3 is 8. The first-order valence-corrected chi connectivity index (χ1v) is 32.9. The molecule has 0 aromatic heterocycles. The minimum Gasteiger partial charge on any atom is -0.465 e. The molecule has 32 heteroatoms. The molecule has 6 atom stereocenters. The van der Waals surface area contributed by atoms with Crippen LogP contribution < -0.4 is 0 Å². The Kier molecular flexibility index (Phi) is 29.0. The van der Waals surface area contributed by atoms with Crippen molar-refractivity contribution in [1.29, 1.82) is 0 Å². The summed E-state index contributed by atoms with van der Waals surface area (Å²) in [4.78, 5) is 234. The van der Waals surface area contributed by atoms with Gasteiger partial charge in [0.2, 0.25) is 0 Å². The predicted molar refractivity (Wildman–Crippen MR) is 378 cm³/mol. The van der Waals surface area contributed by atoms with E-state index >= 15 is 28.8 Å². The highest BCUT2D eigenvalue weighted by molar-refractivity contribution is 6.09. The molecular weight excluding hydrogens is 1470 g/mol. The zero-order valence-corrected chi connectivity index (χ0v) is 60.4. The normalized spacial score (nSPS) is 12.2. The SMILES string of the molecule is COC(=O)c1ccccc1C(=O)OCC(OC(=O)c1ccccc1C(=O)OC)C(OC(=O)c1ccccc1C(=O)OC)C(OC(=O)c1ccccc1C(=O)OC)C(OC(=O)c1ccccc1C(=O)OC)C(OC(=O)c1ccccc1C(=O)OC)C(COC(=O)c1ccccc1C(=O)OC)OC(=O)c1ccccc1C(=O)OC. The van der Waals surface area contributed by atoms with Gasteiger partial charge in [-0.3, -0.25) is 0 Å². The summed E-state index contributed by atoms with van der Waals surface area (Å²) in [5.74, 6) is -23.2. The fraction of sp³-hybridized carbons (Fsp3) is 0.200. The van der Waals surface area contributed by atoms with Crippen molar-refractivity contribution in [2.45, 2.75) is 36.6 Å². The number of hydrogen-bond acceptors (Lipinski definition) is 32. The molecule has 0 aliphatic carbocycles. The third-order valence-electron chi connectivity index (χ3n) is 16.4. The molecule has 8 aromatic rings. The molecule has 0 amide bonds. The molecule has 0 N–H and O–H groups in total. The molecule has 0 aliphatic rings. The average Bonchev–Trinajstić information content (AvgIpc) is 0.770. The first-order valence-electron chi connectivity index (χ1n) is 32.9. The van der Waals surface area contributed by atoms with Crippen LogP contribution in [0.1, 0.15) is 166 Å². The van der Waals surface area contributed by atoms with Crippen molar-refractivity contribution in [3.8, 4) is 0 Å². The maximum Gasteiger partial charge on any atom is 0.339 e.